The van der Waals surface area contributed by atoms with Crippen molar-refractivity contribution in [2.24, 2.45) is 5.92 Å². The van der Waals surface area contributed by atoms with Gasteiger partial charge in [-0.2, -0.15) is 0 Å². The van der Waals surface area contributed by atoms with Crippen LogP contribution in [0.25, 0.3) is 0 Å². The van der Waals surface area contributed by atoms with Crippen molar-refractivity contribution in [1.29, 1.82) is 0 Å². The van der Waals surface area contributed by atoms with E-state index >= 15 is 0 Å². The van der Waals surface area contributed by atoms with Crippen molar-refractivity contribution >= 4 is 5.97 Å². The van der Waals surface area contributed by atoms with Crippen molar-refractivity contribution in [2.45, 2.75) is 31.7 Å². The van der Waals surface area contributed by atoms with Crippen molar-refractivity contribution in [3.8, 4) is 0 Å². The fourth-order valence-electron chi connectivity index (χ4n) is 2.22. The van der Waals surface area contributed by atoms with E-state index in [1.165, 1.54) is 19.5 Å². The molecule has 1 N–H and O–H groups in total. The van der Waals surface area contributed by atoms with E-state index in [2.05, 4.69) is 4.90 Å². The highest BCUT2D eigenvalue weighted by Crippen LogP contribution is 2.31. The van der Waals surface area contributed by atoms with Crippen LogP contribution in [0.1, 0.15) is 25.7 Å². The lowest BCUT2D eigenvalue weighted by molar-refractivity contribution is -0.141. The summed E-state index contributed by atoms with van der Waals surface area (Å²) in [6.07, 6.45) is 4.16. The lowest BCUT2D eigenvalue weighted by atomic mass is 10.1. The summed E-state index contributed by atoms with van der Waals surface area (Å²) < 4.78 is 0. The van der Waals surface area contributed by atoms with E-state index in [1.807, 2.05) is 0 Å². The Morgan fingerprint density at radius 1 is 1.33 bits per heavy atom. The number of nitrogens with zero attached hydrogens (tertiary/aromatic N) is 1. The lowest BCUT2D eigenvalue weighted by Gasteiger charge is -2.36. The van der Waals surface area contributed by atoms with E-state index in [4.69, 9.17) is 5.11 Å². The molecule has 1 saturated heterocycles. The smallest absolute Gasteiger partial charge is 0.306 e. The highest BCUT2D eigenvalue weighted by atomic mass is 16.4. The summed E-state index contributed by atoms with van der Waals surface area (Å²) in [5, 5.41) is 8.79. The monoisotopic (exact) mass is 169 g/mol. The topological polar surface area (TPSA) is 40.5 Å². The zero-order chi connectivity index (χ0) is 8.55. The minimum absolute atomic E-state index is 0.0596. The Morgan fingerprint density at radius 2 is 2.08 bits per heavy atom. The summed E-state index contributed by atoms with van der Waals surface area (Å²) in [6.45, 7) is 2.38. The second-order valence-corrected chi connectivity index (χ2v) is 3.89. The second kappa shape index (κ2) is 3.05. The first-order chi connectivity index (χ1) is 5.77. The summed E-state index contributed by atoms with van der Waals surface area (Å²) >= 11 is 0. The van der Waals surface area contributed by atoms with Crippen LogP contribution in [-0.4, -0.2) is 35.1 Å². The van der Waals surface area contributed by atoms with E-state index in [9.17, 15) is 4.79 Å². The van der Waals surface area contributed by atoms with Gasteiger partial charge < -0.3 is 10.0 Å². The zero-order valence-corrected chi connectivity index (χ0v) is 7.20. The fraction of sp³-hybridized carbons (Fsp3) is 0.889. The molecule has 2 rings (SSSR count). The zero-order valence-electron chi connectivity index (χ0n) is 7.20. The lowest BCUT2D eigenvalue weighted by Crippen LogP contribution is -2.44. The van der Waals surface area contributed by atoms with Gasteiger partial charge in [0.15, 0.2) is 0 Å². The van der Waals surface area contributed by atoms with Crippen LogP contribution >= 0.6 is 0 Å². The Hall–Kier alpha value is -0.570. The summed E-state index contributed by atoms with van der Waals surface area (Å²) in [7, 11) is 0. The fourth-order valence-corrected chi connectivity index (χ4v) is 2.22. The first kappa shape index (κ1) is 8.05. The number of rotatable bonds is 2. The maximum absolute atomic E-state index is 10.7. The summed E-state index contributed by atoms with van der Waals surface area (Å²) in [6, 6.07) is 0.583. The highest BCUT2D eigenvalue weighted by Gasteiger charge is 2.34. The van der Waals surface area contributed by atoms with Crippen molar-refractivity contribution in [2.75, 3.05) is 13.1 Å². The van der Waals surface area contributed by atoms with Crippen LogP contribution < -0.4 is 0 Å². The molecule has 0 bridgehead atoms. The predicted octanol–water partition coefficient (Wildman–Crippen LogP) is 0.945. The van der Waals surface area contributed by atoms with Gasteiger partial charge >= 0.3 is 5.97 Å². The molecule has 0 spiro atoms. The van der Waals surface area contributed by atoms with Crippen LogP contribution in [0.5, 0.6) is 0 Å². The molecule has 3 nitrogen and oxygen atoms in total. The molecule has 0 amide bonds. The van der Waals surface area contributed by atoms with Gasteiger partial charge in [-0.1, -0.05) is 0 Å². The average molecular weight is 169 g/mol. The van der Waals surface area contributed by atoms with Gasteiger partial charge in [-0.15, -0.1) is 0 Å². The highest BCUT2D eigenvalue weighted by molar-refractivity contribution is 5.70. The van der Waals surface area contributed by atoms with E-state index in [-0.39, 0.29) is 5.92 Å². The summed E-state index contributed by atoms with van der Waals surface area (Å²) in [5.74, 6) is -0.659. The number of carbonyl (C=O) groups is 1. The Labute approximate surface area is 72.4 Å². The van der Waals surface area contributed by atoms with Crippen LogP contribution in [-0.2, 0) is 4.79 Å². The SMILES string of the molecule is O=C(O)C1CCC(N2CCC2)C1. The molecule has 1 aliphatic heterocycles. The van der Waals surface area contributed by atoms with Gasteiger partial charge in [0, 0.05) is 6.04 Å². The minimum atomic E-state index is -0.599. The molecule has 68 valence electrons. The van der Waals surface area contributed by atoms with Crippen LogP contribution in [0, 0.1) is 5.92 Å². The van der Waals surface area contributed by atoms with Crippen LogP contribution in [0.4, 0.5) is 0 Å². The summed E-state index contributed by atoms with van der Waals surface area (Å²) in [5.41, 5.74) is 0. The van der Waals surface area contributed by atoms with Gasteiger partial charge in [0.05, 0.1) is 5.92 Å². The molecule has 2 fully saturated rings. The normalized spacial score (nSPS) is 36.3. The van der Waals surface area contributed by atoms with Crippen molar-refractivity contribution in [1.82, 2.24) is 4.90 Å². The van der Waals surface area contributed by atoms with E-state index in [0.29, 0.717) is 6.04 Å². The Morgan fingerprint density at radius 3 is 2.50 bits per heavy atom. The molecule has 1 aliphatic carbocycles. The van der Waals surface area contributed by atoms with Crippen LogP contribution in [0.2, 0.25) is 0 Å². The predicted molar refractivity (Wildman–Crippen MR) is 45.0 cm³/mol. The van der Waals surface area contributed by atoms with Gasteiger partial charge in [0.25, 0.3) is 0 Å². The Kier molecular flexibility index (Phi) is 2.05. The maximum Gasteiger partial charge on any atom is 0.306 e. The van der Waals surface area contributed by atoms with Gasteiger partial charge in [-0.3, -0.25) is 4.79 Å². The van der Waals surface area contributed by atoms with Gasteiger partial charge in [0.2, 0.25) is 0 Å². The van der Waals surface area contributed by atoms with E-state index < -0.39 is 5.97 Å². The number of carboxylic acids is 1. The van der Waals surface area contributed by atoms with Gasteiger partial charge in [-0.05, 0) is 38.8 Å². The molecule has 1 heterocycles. The molecule has 0 aromatic heterocycles. The van der Waals surface area contributed by atoms with E-state index in [0.717, 1.165) is 19.3 Å². The Bertz CT molecular complexity index is 189. The van der Waals surface area contributed by atoms with E-state index in [1.54, 1.807) is 0 Å². The molecular weight excluding hydrogens is 154 g/mol. The maximum atomic E-state index is 10.7. The number of carboxylic acid groups (broad SMARTS) is 1. The number of hydrogen-bond acceptors (Lipinski definition) is 2. The van der Waals surface area contributed by atoms with Gasteiger partial charge in [-0.25, -0.2) is 0 Å². The molecule has 0 aromatic carbocycles. The molecule has 3 heteroatoms. The molecule has 2 aliphatic rings. The van der Waals surface area contributed by atoms with Crippen molar-refractivity contribution < 1.29 is 9.90 Å². The molecular formula is C9H15NO2. The van der Waals surface area contributed by atoms with Crippen LogP contribution in [0.15, 0.2) is 0 Å². The molecule has 12 heavy (non-hydrogen) atoms. The average Bonchev–Trinajstić information content (AvgIpc) is 2.32. The Balaban J connectivity index is 1.84. The number of aliphatic carboxylic acids is 1. The van der Waals surface area contributed by atoms with Crippen LogP contribution in [0.3, 0.4) is 0 Å². The van der Waals surface area contributed by atoms with Crippen molar-refractivity contribution in [3.05, 3.63) is 0 Å². The first-order valence-electron chi connectivity index (χ1n) is 4.74. The third-order valence-electron chi connectivity index (χ3n) is 3.16. The minimum Gasteiger partial charge on any atom is -0.481 e. The largest absolute Gasteiger partial charge is 0.481 e. The second-order valence-electron chi connectivity index (χ2n) is 3.89. The van der Waals surface area contributed by atoms with Gasteiger partial charge in [0.1, 0.15) is 0 Å². The van der Waals surface area contributed by atoms with Crippen molar-refractivity contribution in [3.63, 3.8) is 0 Å². The first-order valence-corrected chi connectivity index (χ1v) is 4.74. The molecule has 0 radical (unpaired) electrons. The molecule has 2 unspecified atom stereocenters. The standard InChI is InChI=1S/C9H15NO2/c11-9(12)7-2-3-8(6-7)10-4-1-5-10/h7-8H,1-6H2,(H,11,12). The quantitative estimate of drug-likeness (QED) is 0.669. The molecule has 1 saturated carbocycles. The summed E-state index contributed by atoms with van der Waals surface area (Å²) in [4.78, 5) is 13.1. The third-order valence-corrected chi connectivity index (χ3v) is 3.16. The number of hydrogen-bond donors (Lipinski definition) is 1. The third kappa shape index (κ3) is 1.33. The number of likely N-dealkylation sites (tertiary alicyclic amines) is 1. The molecule has 2 atom stereocenters. The molecule has 0 aromatic rings.